The van der Waals surface area contributed by atoms with E-state index in [2.05, 4.69) is 15.5 Å². The Kier molecular flexibility index (Phi) is 5.29. The minimum Gasteiger partial charge on any atom is -0.312 e. The van der Waals surface area contributed by atoms with Crippen molar-refractivity contribution in [1.29, 1.82) is 0 Å². The number of hydrogen-bond acceptors (Lipinski definition) is 5. The van der Waals surface area contributed by atoms with Crippen molar-refractivity contribution in [3.63, 3.8) is 0 Å². The average Bonchev–Trinajstić information content (AvgIpc) is 3.30. The van der Waals surface area contributed by atoms with Crippen LogP contribution in [0.2, 0.25) is 5.02 Å². The molecule has 9 heteroatoms. The molecule has 1 aliphatic rings. The lowest BCUT2D eigenvalue weighted by atomic mass is 10.1. The van der Waals surface area contributed by atoms with Crippen LogP contribution in [0.1, 0.15) is 33.3 Å². The average molecular weight is 431 g/mol. The van der Waals surface area contributed by atoms with Gasteiger partial charge in [-0.1, -0.05) is 35.1 Å². The molecule has 1 unspecified atom stereocenters. The van der Waals surface area contributed by atoms with E-state index < -0.39 is 11.7 Å². The number of aryl methyl sites for hydroxylation is 1. The SMILES string of the molecule is Cc1ccc(N2CC(c3nnc(NC(=O)c4cccc(F)c4)s3)CC2=O)cc1Cl. The zero-order chi connectivity index (χ0) is 20.5. The zero-order valence-corrected chi connectivity index (χ0v) is 16.9. The lowest BCUT2D eigenvalue weighted by Crippen LogP contribution is -2.24. The summed E-state index contributed by atoms with van der Waals surface area (Å²) in [5.41, 5.74) is 1.89. The summed E-state index contributed by atoms with van der Waals surface area (Å²) in [5.74, 6) is -1.10. The van der Waals surface area contributed by atoms with Crippen LogP contribution >= 0.6 is 22.9 Å². The summed E-state index contributed by atoms with van der Waals surface area (Å²) in [4.78, 5) is 26.4. The summed E-state index contributed by atoms with van der Waals surface area (Å²) in [6.45, 7) is 2.37. The van der Waals surface area contributed by atoms with Gasteiger partial charge in [0, 0.05) is 35.2 Å². The number of benzene rings is 2. The van der Waals surface area contributed by atoms with E-state index in [0.717, 1.165) is 17.3 Å². The summed E-state index contributed by atoms with van der Waals surface area (Å²) < 4.78 is 13.3. The molecule has 1 N–H and O–H groups in total. The first-order chi connectivity index (χ1) is 13.9. The van der Waals surface area contributed by atoms with Gasteiger partial charge in [-0.2, -0.15) is 0 Å². The van der Waals surface area contributed by atoms with Gasteiger partial charge in [-0.15, -0.1) is 10.2 Å². The molecule has 1 aliphatic heterocycles. The van der Waals surface area contributed by atoms with E-state index in [0.29, 0.717) is 28.1 Å². The molecule has 1 saturated heterocycles. The number of carbonyl (C=O) groups excluding carboxylic acids is 2. The summed E-state index contributed by atoms with van der Waals surface area (Å²) in [7, 11) is 0. The van der Waals surface area contributed by atoms with E-state index in [1.165, 1.54) is 29.5 Å². The summed E-state index contributed by atoms with van der Waals surface area (Å²) in [6.07, 6.45) is 0.304. The van der Waals surface area contributed by atoms with Crippen molar-refractivity contribution in [3.8, 4) is 0 Å². The first-order valence-corrected chi connectivity index (χ1v) is 10.1. The van der Waals surface area contributed by atoms with Gasteiger partial charge in [0.2, 0.25) is 11.0 Å². The Morgan fingerprint density at radius 2 is 2.10 bits per heavy atom. The molecular weight excluding hydrogens is 415 g/mol. The van der Waals surface area contributed by atoms with Crippen LogP contribution in [0.4, 0.5) is 15.2 Å². The first-order valence-electron chi connectivity index (χ1n) is 8.87. The molecule has 0 aliphatic carbocycles. The molecule has 1 fully saturated rings. The molecule has 148 valence electrons. The lowest BCUT2D eigenvalue weighted by molar-refractivity contribution is -0.117. The number of anilines is 2. The second-order valence-electron chi connectivity index (χ2n) is 6.75. The topological polar surface area (TPSA) is 75.2 Å². The predicted octanol–water partition coefficient (Wildman–Crippen LogP) is 4.41. The summed E-state index contributed by atoms with van der Waals surface area (Å²) in [6, 6.07) is 10.9. The van der Waals surface area contributed by atoms with Gasteiger partial charge in [-0.05, 0) is 42.8 Å². The van der Waals surface area contributed by atoms with Crippen LogP contribution in [0.15, 0.2) is 42.5 Å². The summed E-state index contributed by atoms with van der Waals surface area (Å²) >= 11 is 7.39. The second-order valence-corrected chi connectivity index (χ2v) is 8.17. The van der Waals surface area contributed by atoms with Crippen molar-refractivity contribution in [1.82, 2.24) is 10.2 Å². The fourth-order valence-corrected chi connectivity index (χ4v) is 4.13. The van der Waals surface area contributed by atoms with Crippen LogP contribution < -0.4 is 10.2 Å². The van der Waals surface area contributed by atoms with Crippen LogP contribution in [-0.4, -0.2) is 28.6 Å². The molecule has 1 atom stereocenters. The summed E-state index contributed by atoms with van der Waals surface area (Å²) in [5, 5.41) is 12.3. The molecule has 2 amide bonds. The molecule has 3 aromatic rings. The number of halogens is 2. The highest BCUT2D eigenvalue weighted by Crippen LogP contribution is 2.35. The third-order valence-electron chi connectivity index (χ3n) is 4.69. The van der Waals surface area contributed by atoms with Crippen LogP contribution in [0.25, 0.3) is 0 Å². The number of nitrogens with zero attached hydrogens (tertiary/aromatic N) is 3. The quantitative estimate of drug-likeness (QED) is 0.665. The molecule has 1 aromatic heterocycles. The van der Waals surface area contributed by atoms with Crippen molar-refractivity contribution in [2.45, 2.75) is 19.3 Å². The van der Waals surface area contributed by atoms with Crippen LogP contribution in [0.5, 0.6) is 0 Å². The number of rotatable bonds is 4. The Morgan fingerprint density at radius 1 is 1.28 bits per heavy atom. The van der Waals surface area contributed by atoms with Crippen molar-refractivity contribution in [2.75, 3.05) is 16.8 Å². The molecular formula is C20H16ClFN4O2S. The second kappa shape index (κ2) is 7.88. The Labute approximate surface area is 175 Å². The Bertz CT molecular complexity index is 1100. The molecule has 0 saturated carbocycles. The molecule has 4 rings (SSSR count). The minimum atomic E-state index is -0.489. The lowest BCUT2D eigenvalue weighted by Gasteiger charge is -2.17. The van der Waals surface area contributed by atoms with Crippen molar-refractivity contribution in [3.05, 3.63) is 69.4 Å². The third kappa shape index (κ3) is 4.13. The zero-order valence-electron chi connectivity index (χ0n) is 15.4. The van der Waals surface area contributed by atoms with Gasteiger partial charge in [-0.25, -0.2) is 4.39 Å². The molecule has 0 radical (unpaired) electrons. The van der Waals surface area contributed by atoms with E-state index in [1.807, 2.05) is 19.1 Å². The van der Waals surface area contributed by atoms with Crippen molar-refractivity contribution in [2.24, 2.45) is 0 Å². The number of amides is 2. The van der Waals surface area contributed by atoms with Crippen molar-refractivity contribution < 1.29 is 14.0 Å². The number of nitrogens with one attached hydrogen (secondary N) is 1. The maximum Gasteiger partial charge on any atom is 0.257 e. The standard InChI is InChI=1S/C20H16ClFN4O2S/c1-11-5-6-15(9-16(11)21)26-10-13(8-17(26)27)19-24-25-20(29-19)23-18(28)12-3-2-4-14(22)7-12/h2-7,9,13H,8,10H2,1H3,(H,23,25,28). The number of carbonyl (C=O) groups is 2. The maximum atomic E-state index is 13.3. The normalized spacial score (nSPS) is 16.3. The first kappa shape index (κ1) is 19.5. The molecule has 6 nitrogen and oxygen atoms in total. The molecule has 2 aromatic carbocycles. The maximum absolute atomic E-state index is 13.3. The highest BCUT2D eigenvalue weighted by Gasteiger charge is 2.34. The van der Waals surface area contributed by atoms with E-state index >= 15 is 0 Å². The van der Waals surface area contributed by atoms with E-state index in [-0.39, 0.29) is 17.4 Å². The minimum absolute atomic E-state index is 0.0181. The molecule has 29 heavy (non-hydrogen) atoms. The van der Waals surface area contributed by atoms with Gasteiger partial charge < -0.3 is 4.90 Å². The van der Waals surface area contributed by atoms with E-state index in [9.17, 15) is 14.0 Å². The third-order valence-corrected chi connectivity index (χ3v) is 6.10. The smallest absolute Gasteiger partial charge is 0.257 e. The molecule has 2 heterocycles. The predicted molar refractivity (Wildman–Crippen MR) is 110 cm³/mol. The molecule has 0 spiro atoms. The molecule has 0 bridgehead atoms. The monoisotopic (exact) mass is 430 g/mol. The van der Waals surface area contributed by atoms with Gasteiger partial charge in [0.05, 0.1) is 0 Å². The Hall–Kier alpha value is -2.84. The van der Waals surface area contributed by atoms with Gasteiger partial charge in [0.25, 0.3) is 5.91 Å². The Morgan fingerprint density at radius 3 is 2.86 bits per heavy atom. The highest BCUT2D eigenvalue weighted by molar-refractivity contribution is 7.15. The van der Waals surface area contributed by atoms with Crippen molar-refractivity contribution >= 4 is 45.6 Å². The fourth-order valence-electron chi connectivity index (χ4n) is 3.12. The number of aromatic nitrogens is 2. The van der Waals surface area contributed by atoms with Gasteiger partial charge in [0.15, 0.2) is 0 Å². The van der Waals surface area contributed by atoms with Gasteiger partial charge >= 0.3 is 0 Å². The largest absolute Gasteiger partial charge is 0.312 e. The van der Waals surface area contributed by atoms with Gasteiger partial charge in [0.1, 0.15) is 10.8 Å². The van der Waals surface area contributed by atoms with Gasteiger partial charge in [-0.3, -0.25) is 14.9 Å². The highest BCUT2D eigenvalue weighted by atomic mass is 35.5. The van der Waals surface area contributed by atoms with E-state index in [4.69, 9.17) is 11.6 Å². The van der Waals surface area contributed by atoms with E-state index in [1.54, 1.807) is 11.0 Å². The van der Waals surface area contributed by atoms with Crippen LogP contribution in [-0.2, 0) is 4.79 Å². The fraction of sp³-hybridized carbons (Fsp3) is 0.200. The Balaban J connectivity index is 1.46. The van der Waals surface area contributed by atoms with Crippen LogP contribution in [0, 0.1) is 12.7 Å². The number of hydrogen-bond donors (Lipinski definition) is 1. The van der Waals surface area contributed by atoms with Crippen LogP contribution in [0.3, 0.4) is 0 Å².